The Bertz CT molecular complexity index is 252. The molecule has 0 unspecified atom stereocenters. The van der Waals surface area contributed by atoms with E-state index in [1.165, 1.54) is 69.8 Å². The molecule has 1 nitrogen and oxygen atoms in total. The SMILES string of the molecule is CC1=CCCCCCCCCCCCCC(=O)C1. The van der Waals surface area contributed by atoms with Gasteiger partial charge in [0.1, 0.15) is 5.78 Å². The maximum absolute atomic E-state index is 11.7. The zero-order valence-electron chi connectivity index (χ0n) is 12.2. The van der Waals surface area contributed by atoms with Gasteiger partial charge in [0.2, 0.25) is 0 Å². The first-order chi connectivity index (χ1) is 8.79. The van der Waals surface area contributed by atoms with Crippen molar-refractivity contribution in [2.75, 3.05) is 0 Å². The van der Waals surface area contributed by atoms with Gasteiger partial charge in [-0.3, -0.25) is 4.79 Å². The highest BCUT2D eigenvalue weighted by Gasteiger charge is 2.03. The highest BCUT2D eigenvalue weighted by molar-refractivity contribution is 5.80. The van der Waals surface area contributed by atoms with Crippen molar-refractivity contribution < 1.29 is 4.79 Å². The normalized spacial score (nSPS) is 22.5. The lowest BCUT2D eigenvalue weighted by Crippen LogP contribution is -1.98. The first-order valence-corrected chi connectivity index (χ1v) is 7.96. The summed E-state index contributed by atoms with van der Waals surface area (Å²) in [5, 5.41) is 0. The quantitative estimate of drug-likeness (QED) is 0.512. The van der Waals surface area contributed by atoms with Gasteiger partial charge in [0, 0.05) is 12.8 Å². The summed E-state index contributed by atoms with van der Waals surface area (Å²) in [6.45, 7) is 2.11. The van der Waals surface area contributed by atoms with Crippen LogP contribution in [0.1, 0.15) is 90.4 Å². The predicted octanol–water partition coefficient (Wildman–Crippen LogP) is 5.59. The maximum atomic E-state index is 11.7. The van der Waals surface area contributed by atoms with Gasteiger partial charge >= 0.3 is 0 Å². The fraction of sp³-hybridized carbons (Fsp3) is 0.824. The number of allylic oxidation sites excluding steroid dienone is 2. The molecule has 0 aliphatic heterocycles. The molecule has 0 aromatic rings. The molecule has 0 aromatic heterocycles. The summed E-state index contributed by atoms with van der Waals surface area (Å²) >= 11 is 0. The minimum absolute atomic E-state index is 0.441. The molecule has 1 aliphatic carbocycles. The molecule has 0 radical (unpaired) electrons. The third-order valence-corrected chi connectivity index (χ3v) is 3.88. The van der Waals surface area contributed by atoms with E-state index in [1.807, 2.05) is 0 Å². The topological polar surface area (TPSA) is 17.1 Å². The molecule has 0 N–H and O–H groups in total. The maximum Gasteiger partial charge on any atom is 0.136 e. The van der Waals surface area contributed by atoms with E-state index < -0.39 is 0 Å². The van der Waals surface area contributed by atoms with Crippen LogP contribution < -0.4 is 0 Å². The second-order valence-corrected chi connectivity index (χ2v) is 5.84. The minimum Gasteiger partial charge on any atom is -0.299 e. The van der Waals surface area contributed by atoms with Crippen molar-refractivity contribution in [2.45, 2.75) is 90.4 Å². The minimum atomic E-state index is 0.441. The van der Waals surface area contributed by atoms with Crippen LogP contribution in [0.4, 0.5) is 0 Å². The summed E-state index contributed by atoms with van der Waals surface area (Å²) < 4.78 is 0. The molecule has 0 saturated heterocycles. The van der Waals surface area contributed by atoms with Gasteiger partial charge in [0.25, 0.3) is 0 Å². The van der Waals surface area contributed by atoms with E-state index in [0.29, 0.717) is 12.2 Å². The Morgan fingerprint density at radius 3 is 1.89 bits per heavy atom. The van der Waals surface area contributed by atoms with Crippen molar-refractivity contribution in [3.63, 3.8) is 0 Å². The second kappa shape index (κ2) is 10.3. The van der Waals surface area contributed by atoms with Crippen molar-refractivity contribution in [1.82, 2.24) is 0 Å². The molecule has 0 bridgehead atoms. The average Bonchev–Trinajstić information content (AvgIpc) is 2.33. The van der Waals surface area contributed by atoms with Crippen LogP contribution in [-0.2, 0) is 4.79 Å². The standard InChI is InChI=1S/C17H30O/c1-16-13-11-9-7-5-3-2-4-6-8-10-12-14-17(18)15-16/h13H,2-12,14-15H2,1H3. The Hall–Kier alpha value is -0.590. The van der Waals surface area contributed by atoms with Gasteiger partial charge < -0.3 is 0 Å². The molecule has 1 rings (SSSR count). The number of Topliss-reactive ketones (excluding diaryl/α,β-unsaturated/α-hetero) is 1. The van der Waals surface area contributed by atoms with Crippen LogP contribution in [0.3, 0.4) is 0 Å². The Balaban J connectivity index is 2.30. The van der Waals surface area contributed by atoms with Crippen molar-refractivity contribution >= 4 is 5.78 Å². The molecule has 0 amide bonds. The first-order valence-electron chi connectivity index (χ1n) is 7.96. The highest BCUT2D eigenvalue weighted by Crippen LogP contribution is 2.15. The molecule has 0 atom stereocenters. The fourth-order valence-electron chi connectivity index (χ4n) is 2.70. The fourth-order valence-corrected chi connectivity index (χ4v) is 2.70. The van der Waals surface area contributed by atoms with E-state index in [2.05, 4.69) is 13.0 Å². The van der Waals surface area contributed by atoms with Gasteiger partial charge in [-0.15, -0.1) is 0 Å². The van der Waals surface area contributed by atoms with Crippen LogP contribution in [0, 0.1) is 0 Å². The van der Waals surface area contributed by atoms with E-state index in [0.717, 1.165) is 12.8 Å². The Labute approximate surface area is 113 Å². The van der Waals surface area contributed by atoms with Gasteiger partial charge in [-0.25, -0.2) is 0 Å². The summed E-state index contributed by atoms with van der Waals surface area (Å²) in [6.07, 6.45) is 18.3. The van der Waals surface area contributed by atoms with E-state index >= 15 is 0 Å². The molecule has 18 heavy (non-hydrogen) atoms. The molecule has 1 heteroatoms. The van der Waals surface area contributed by atoms with E-state index in [-0.39, 0.29) is 0 Å². The molecule has 104 valence electrons. The van der Waals surface area contributed by atoms with E-state index in [9.17, 15) is 4.79 Å². The average molecular weight is 250 g/mol. The van der Waals surface area contributed by atoms with Crippen LogP contribution in [0.25, 0.3) is 0 Å². The van der Waals surface area contributed by atoms with E-state index in [4.69, 9.17) is 0 Å². The highest BCUT2D eigenvalue weighted by atomic mass is 16.1. The van der Waals surface area contributed by atoms with Crippen LogP contribution in [0.2, 0.25) is 0 Å². The largest absolute Gasteiger partial charge is 0.299 e. The van der Waals surface area contributed by atoms with Crippen molar-refractivity contribution in [2.24, 2.45) is 0 Å². The zero-order valence-corrected chi connectivity index (χ0v) is 12.2. The van der Waals surface area contributed by atoms with Crippen molar-refractivity contribution in [1.29, 1.82) is 0 Å². The van der Waals surface area contributed by atoms with Crippen LogP contribution in [0.5, 0.6) is 0 Å². The number of carbonyl (C=O) groups is 1. The van der Waals surface area contributed by atoms with Crippen LogP contribution >= 0.6 is 0 Å². The first kappa shape index (κ1) is 15.5. The smallest absolute Gasteiger partial charge is 0.136 e. The Morgan fingerprint density at radius 1 is 0.778 bits per heavy atom. The third-order valence-electron chi connectivity index (χ3n) is 3.88. The van der Waals surface area contributed by atoms with Gasteiger partial charge in [0.15, 0.2) is 0 Å². The van der Waals surface area contributed by atoms with Gasteiger partial charge in [-0.2, -0.15) is 0 Å². The Kier molecular flexibility index (Phi) is 8.89. The van der Waals surface area contributed by atoms with Gasteiger partial charge in [0.05, 0.1) is 0 Å². The molecule has 0 heterocycles. The Morgan fingerprint density at radius 2 is 1.28 bits per heavy atom. The van der Waals surface area contributed by atoms with Gasteiger partial charge in [-0.05, 0) is 26.2 Å². The molecule has 0 spiro atoms. The lowest BCUT2D eigenvalue weighted by atomic mass is 10.0. The predicted molar refractivity (Wildman–Crippen MR) is 78.8 cm³/mol. The summed E-state index contributed by atoms with van der Waals surface area (Å²) in [5.74, 6) is 0.441. The molecular formula is C17H30O. The number of ketones is 1. The lowest BCUT2D eigenvalue weighted by molar-refractivity contribution is -0.118. The third kappa shape index (κ3) is 8.49. The van der Waals surface area contributed by atoms with E-state index in [1.54, 1.807) is 0 Å². The van der Waals surface area contributed by atoms with Crippen LogP contribution in [0.15, 0.2) is 11.6 Å². The second-order valence-electron chi connectivity index (χ2n) is 5.84. The molecule has 1 aliphatic rings. The summed E-state index contributed by atoms with van der Waals surface area (Å²) in [5.41, 5.74) is 1.28. The van der Waals surface area contributed by atoms with Crippen molar-refractivity contribution in [3.8, 4) is 0 Å². The summed E-state index contributed by atoms with van der Waals surface area (Å²) in [7, 11) is 0. The lowest BCUT2D eigenvalue weighted by Gasteiger charge is -2.05. The summed E-state index contributed by atoms with van der Waals surface area (Å²) in [4.78, 5) is 11.7. The number of rotatable bonds is 0. The number of hydrogen-bond acceptors (Lipinski definition) is 1. The molecule has 0 fully saturated rings. The van der Waals surface area contributed by atoms with Crippen molar-refractivity contribution in [3.05, 3.63) is 11.6 Å². The van der Waals surface area contributed by atoms with Gasteiger partial charge in [-0.1, -0.05) is 63.0 Å². The molecule has 0 aromatic carbocycles. The zero-order chi connectivity index (χ0) is 13.1. The monoisotopic (exact) mass is 250 g/mol. The molecular weight excluding hydrogens is 220 g/mol. The number of carbonyl (C=O) groups excluding carboxylic acids is 1. The summed E-state index contributed by atoms with van der Waals surface area (Å²) in [6, 6.07) is 0. The number of hydrogen-bond donors (Lipinski definition) is 0. The molecule has 0 saturated carbocycles. The van der Waals surface area contributed by atoms with Crippen LogP contribution in [-0.4, -0.2) is 5.78 Å².